The first kappa shape index (κ1) is 19.1. The number of nitrogens with one attached hydrogen (secondary N) is 2. The lowest BCUT2D eigenvalue weighted by atomic mass is 9.96. The lowest BCUT2D eigenvalue weighted by Gasteiger charge is -2.50. The fraction of sp³-hybridized carbons (Fsp3) is 0.611. The van der Waals surface area contributed by atoms with Crippen molar-refractivity contribution in [3.8, 4) is 0 Å². The van der Waals surface area contributed by atoms with Gasteiger partial charge in [0.25, 0.3) is 0 Å². The molecule has 2 saturated heterocycles. The Hall–Kier alpha value is -1.64. The van der Waals surface area contributed by atoms with E-state index in [1.54, 1.807) is 37.0 Å². The Bertz CT molecular complexity index is 644. The van der Waals surface area contributed by atoms with Crippen LogP contribution in [0.2, 0.25) is 0 Å². The first-order valence-electron chi connectivity index (χ1n) is 9.11. The predicted molar refractivity (Wildman–Crippen MR) is 102 cm³/mol. The number of carbonyl (C=O) groups is 2. The zero-order chi connectivity index (χ0) is 18.7. The summed E-state index contributed by atoms with van der Waals surface area (Å²) >= 11 is 1.68. The van der Waals surface area contributed by atoms with Crippen LogP contribution >= 0.6 is 11.8 Å². The molecule has 2 aliphatic heterocycles. The number of unbranched alkanes of at least 4 members (excludes halogenated alkanes) is 1. The second kappa shape index (κ2) is 8.37. The summed E-state index contributed by atoms with van der Waals surface area (Å²) < 4.78 is 0. The van der Waals surface area contributed by atoms with E-state index < -0.39 is 0 Å². The van der Waals surface area contributed by atoms with Gasteiger partial charge >= 0.3 is 6.03 Å². The highest BCUT2D eigenvalue weighted by Crippen LogP contribution is 2.33. The molecule has 0 spiro atoms. The number of urea groups is 1. The quantitative estimate of drug-likeness (QED) is 0.787. The summed E-state index contributed by atoms with van der Waals surface area (Å²) in [5.74, 6) is 0.261. The van der Waals surface area contributed by atoms with Gasteiger partial charge in [-0.2, -0.15) is 0 Å². The molecule has 142 valence electrons. The molecule has 2 aliphatic rings. The third kappa shape index (κ3) is 3.87. The molecule has 0 aliphatic carbocycles. The van der Waals surface area contributed by atoms with Gasteiger partial charge in [0.05, 0.1) is 29.3 Å². The molecule has 8 heteroatoms. The van der Waals surface area contributed by atoms with Crippen LogP contribution in [0.4, 0.5) is 4.79 Å². The number of hydrogen-bond donors (Lipinski definition) is 2. The molecule has 4 unspecified atom stereocenters. The molecular weight excluding hydrogens is 350 g/mol. The van der Waals surface area contributed by atoms with E-state index in [9.17, 15) is 9.59 Å². The van der Waals surface area contributed by atoms with Crippen LogP contribution in [-0.2, 0) is 10.5 Å². The highest BCUT2D eigenvalue weighted by molar-refractivity contribution is 7.99. The van der Waals surface area contributed by atoms with Crippen LogP contribution in [0.25, 0.3) is 0 Å². The van der Waals surface area contributed by atoms with E-state index in [-0.39, 0.29) is 35.6 Å². The summed E-state index contributed by atoms with van der Waals surface area (Å²) in [6, 6.07) is 5.60. The molecule has 26 heavy (non-hydrogen) atoms. The Morgan fingerprint density at radius 1 is 1.23 bits per heavy atom. The zero-order valence-corrected chi connectivity index (χ0v) is 16.3. The van der Waals surface area contributed by atoms with Crippen molar-refractivity contribution in [3.63, 3.8) is 0 Å². The van der Waals surface area contributed by atoms with Crippen molar-refractivity contribution in [1.82, 2.24) is 25.4 Å². The van der Waals surface area contributed by atoms with Crippen LogP contribution in [0.5, 0.6) is 0 Å². The summed E-state index contributed by atoms with van der Waals surface area (Å²) in [5, 5.41) is 6.98. The van der Waals surface area contributed by atoms with Gasteiger partial charge < -0.3 is 4.90 Å². The maximum absolute atomic E-state index is 12.8. The number of hydrogen-bond acceptors (Lipinski definition) is 6. The van der Waals surface area contributed by atoms with E-state index in [2.05, 4.69) is 22.5 Å². The number of aromatic nitrogens is 1. The van der Waals surface area contributed by atoms with Gasteiger partial charge in [-0.15, -0.1) is 11.8 Å². The Balaban J connectivity index is 1.78. The summed E-state index contributed by atoms with van der Waals surface area (Å²) in [6.45, 7) is 2.16. The number of amides is 3. The molecule has 7 nitrogen and oxygen atoms in total. The van der Waals surface area contributed by atoms with Gasteiger partial charge in [-0.1, -0.05) is 25.8 Å². The SMILES string of the molecule is CCCCC1NC(SCc2ccccn2)C2C(=O)N(C)C(=O)N(C)C2N1. The first-order chi connectivity index (χ1) is 12.5. The van der Waals surface area contributed by atoms with Crippen molar-refractivity contribution in [2.45, 2.75) is 49.6 Å². The number of pyridine rings is 1. The van der Waals surface area contributed by atoms with Crippen molar-refractivity contribution in [3.05, 3.63) is 30.1 Å². The molecular formula is C18H27N5O2S. The van der Waals surface area contributed by atoms with Crippen LogP contribution in [0.3, 0.4) is 0 Å². The van der Waals surface area contributed by atoms with Crippen LogP contribution in [0.15, 0.2) is 24.4 Å². The van der Waals surface area contributed by atoms with Gasteiger partial charge in [0, 0.05) is 26.0 Å². The van der Waals surface area contributed by atoms with Crippen LogP contribution in [0.1, 0.15) is 31.9 Å². The Kier molecular flexibility index (Phi) is 6.16. The third-order valence-electron chi connectivity index (χ3n) is 5.01. The minimum Gasteiger partial charge on any atom is -0.311 e. The minimum atomic E-state index is -0.325. The van der Waals surface area contributed by atoms with E-state index in [4.69, 9.17) is 0 Å². The second-order valence-corrected chi connectivity index (χ2v) is 7.97. The van der Waals surface area contributed by atoms with Crippen molar-refractivity contribution in [2.75, 3.05) is 14.1 Å². The topological polar surface area (TPSA) is 77.6 Å². The molecule has 3 heterocycles. The van der Waals surface area contributed by atoms with Gasteiger partial charge in [-0.3, -0.25) is 25.3 Å². The lowest BCUT2D eigenvalue weighted by Crippen LogP contribution is -2.74. The van der Waals surface area contributed by atoms with E-state index in [0.29, 0.717) is 0 Å². The van der Waals surface area contributed by atoms with Crippen LogP contribution < -0.4 is 10.6 Å². The summed E-state index contributed by atoms with van der Waals surface area (Å²) in [5.41, 5.74) is 0.987. The number of imide groups is 1. The van der Waals surface area contributed by atoms with Crippen molar-refractivity contribution < 1.29 is 9.59 Å². The molecule has 2 N–H and O–H groups in total. The lowest BCUT2D eigenvalue weighted by molar-refractivity contribution is -0.140. The number of thioether (sulfide) groups is 1. The smallest absolute Gasteiger partial charge is 0.311 e. The van der Waals surface area contributed by atoms with Crippen molar-refractivity contribution in [1.29, 1.82) is 0 Å². The molecule has 1 aromatic heterocycles. The van der Waals surface area contributed by atoms with Gasteiger partial charge in [0.15, 0.2) is 0 Å². The number of fused-ring (bicyclic) bond motifs is 1. The van der Waals surface area contributed by atoms with E-state index in [1.165, 1.54) is 4.90 Å². The standard InChI is InChI=1S/C18H27N5O2S/c1-4-5-9-13-20-15-14(17(24)23(3)18(25)22(15)2)16(21-13)26-11-12-8-6-7-10-19-12/h6-8,10,13-16,20-21H,4-5,9,11H2,1-3H3. The van der Waals surface area contributed by atoms with Crippen molar-refractivity contribution >= 4 is 23.7 Å². The third-order valence-corrected chi connectivity index (χ3v) is 6.26. The van der Waals surface area contributed by atoms with Gasteiger partial charge in [-0.05, 0) is 18.6 Å². The highest BCUT2D eigenvalue weighted by atomic mass is 32.2. The number of nitrogens with zero attached hydrogens (tertiary/aromatic N) is 3. The summed E-state index contributed by atoms with van der Waals surface area (Å²) in [7, 11) is 3.32. The first-order valence-corrected chi connectivity index (χ1v) is 10.2. The molecule has 0 bridgehead atoms. The maximum Gasteiger partial charge on any atom is 0.327 e. The van der Waals surface area contributed by atoms with Gasteiger partial charge in [0.2, 0.25) is 5.91 Å². The normalized spacial score (nSPS) is 29.0. The van der Waals surface area contributed by atoms with Gasteiger partial charge in [-0.25, -0.2) is 4.79 Å². The summed E-state index contributed by atoms with van der Waals surface area (Å²) in [4.78, 5) is 32.4. The van der Waals surface area contributed by atoms with E-state index >= 15 is 0 Å². The number of carbonyl (C=O) groups excluding carboxylic acids is 2. The largest absolute Gasteiger partial charge is 0.327 e. The summed E-state index contributed by atoms with van der Waals surface area (Å²) in [6.07, 6.45) is 4.75. The average molecular weight is 378 g/mol. The Labute approximate surface area is 158 Å². The molecule has 2 fully saturated rings. The van der Waals surface area contributed by atoms with Gasteiger partial charge in [0.1, 0.15) is 0 Å². The Morgan fingerprint density at radius 2 is 2.04 bits per heavy atom. The van der Waals surface area contributed by atoms with E-state index in [1.807, 2.05) is 18.2 Å². The average Bonchev–Trinajstić information content (AvgIpc) is 2.67. The molecule has 4 atom stereocenters. The fourth-order valence-electron chi connectivity index (χ4n) is 3.50. The van der Waals surface area contributed by atoms with E-state index in [0.717, 1.165) is 30.7 Å². The zero-order valence-electron chi connectivity index (χ0n) is 15.5. The predicted octanol–water partition coefficient (Wildman–Crippen LogP) is 1.82. The molecule has 3 amide bonds. The molecule has 0 saturated carbocycles. The van der Waals surface area contributed by atoms with Crippen LogP contribution in [0, 0.1) is 5.92 Å². The fourth-order valence-corrected chi connectivity index (χ4v) is 4.76. The molecule has 0 radical (unpaired) electrons. The number of rotatable bonds is 6. The maximum atomic E-state index is 12.8. The monoisotopic (exact) mass is 377 g/mol. The second-order valence-electron chi connectivity index (χ2n) is 6.84. The molecule has 3 rings (SSSR count). The molecule has 1 aromatic rings. The van der Waals surface area contributed by atoms with Crippen molar-refractivity contribution in [2.24, 2.45) is 5.92 Å². The highest BCUT2D eigenvalue weighted by Gasteiger charge is 2.50. The molecule has 0 aromatic carbocycles. The Morgan fingerprint density at radius 3 is 2.73 bits per heavy atom. The van der Waals surface area contributed by atoms with Crippen LogP contribution in [-0.4, -0.2) is 58.5 Å². The minimum absolute atomic E-state index is 0.0735.